The van der Waals surface area contributed by atoms with E-state index in [-0.39, 0.29) is 5.91 Å². The van der Waals surface area contributed by atoms with Crippen molar-refractivity contribution in [3.8, 4) is 0 Å². The summed E-state index contributed by atoms with van der Waals surface area (Å²) in [7, 11) is 0. The highest BCUT2D eigenvalue weighted by molar-refractivity contribution is 7.99. The highest BCUT2D eigenvalue weighted by Crippen LogP contribution is 2.33. The maximum absolute atomic E-state index is 12.1. The summed E-state index contributed by atoms with van der Waals surface area (Å²) in [5, 5.41) is 3.74. The van der Waals surface area contributed by atoms with Crippen molar-refractivity contribution >= 4 is 58.3 Å². The third kappa shape index (κ3) is 5.35. The Balaban J connectivity index is 1.87. The Labute approximate surface area is 155 Å². The van der Waals surface area contributed by atoms with Crippen molar-refractivity contribution < 1.29 is 4.79 Å². The molecule has 2 nitrogen and oxygen atoms in total. The van der Waals surface area contributed by atoms with Gasteiger partial charge in [0.05, 0.1) is 21.5 Å². The van der Waals surface area contributed by atoms with E-state index >= 15 is 0 Å². The fourth-order valence-corrected chi connectivity index (χ4v) is 3.59. The summed E-state index contributed by atoms with van der Waals surface area (Å²) < 4.78 is 0. The lowest BCUT2D eigenvalue weighted by Crippen LogP contribution is -2.15. The van der Waals surface area contributed by atoms with Gasteiger partial charge in [-0.1, -0.05) is 41.4 Å². The summed E-state index contributed by atoms with van der Waals surface area (Å²) in [5.74, 6) is 1.03. The van der Waals surface area contributed by atoms with Gasteiger partial charge in [0.2, 0.25) is 5.91 Å². The van der Waals surface area contributed by atoms with Gasteiger partial charge in [-0.25, -0.2) is 0 Å². The van der Waals surface area contributed by atoms with E-state index in [9.17, 15) is 4.79 Å². The minimum Gasteiger partial charge on any atom is -0.323 e. The molecule has 0 saturated carbocycles. The molecule has 0 atom stereocenters. The maximum Gasteiger partial charge on any atom is 0.234 e. The van der Waals surface area contributed by atoms with E-state index in [1.54, 1.807) is 29.6 Å². The van der Waals surface area contributed by atoms with Gasteiger partial charge in [-0.3, -0.25) is 4.79 Å². The van der Waals surface area contributed by atoms with Crippen LogP contribution in [-0.2, 0) is 10.5 Å². The number of aryl methyl sites for hydroxylation is 1. The molecule has 2 aromatic carbocycles. The number of carbonyl (C=O) groups excluding carboxylic acids is 1. The van der Waals surface area contributed by atoms with Crippen LogP contribution in [0.1, 0.15) is 11.1 Å². The second kappa shape index (κ2) is 8.88. The lowest BCUT2D eigenvalue weighted by Gasteiger charge is -2.11. The summed E-state index contributed by atoms with van der Waals surface area (Å²) in [6.07, 6.45) is 2.05. The molecule has 122 valence electrons. The third-order valence-corrected chi connectivity index (χ3v) is 5.76. The number of rotatable bonds is 6. The molecule has 0 aliphatic heterocycles. The lowest BCUT2D eigenvalue weighted by atomic mass is 10.2. The minimum absolute atomic E-state index is 0.106. The summed E-state index contributed by atoms with van der Waals surface area (Å²) in [5.41, 5.74) is 2.57. The number of amides is 1. The number of hydrogen-bond donors (Lipinski definition) is 1. The molecular formula is C17H17Cl2NOS2. The Morgan fingerprint density at radius 1 is 1.13 bits per heavy atom. The zero-order chi connectivity index (χ0) is 16.8. The first-order valence-electron chi connectivity index (χ1n) is 6.96. The monoisotopic (exact) mass is 385 g/mol. The molecule has 2 aromatic rings. The van der Waals surface area contributed by atoms with E-state index in [4.69, 9.17) is 23.2 Å². The summed E-state index contributed by atoms with van der Waals surface area (Å²) in [4.78, 5) is 13.3. The molecule has 0 aliphatic rings. The molecule has 0 aromatic heterocycles. The Hall–Kier alpha value is -0.810. The van der Waals surface area contributed by atoms with Crippen molar-refractivity contribution in [2.75, 3.05) is 17.3 Å². The Morgan fingerprint density at radius 2 is 1.83 bits per heavy atom. The van der Waals surface area contributed by atoms with Crippen LogP contribution in [0.3, 0.4) is 0 Å². The van der Waals surface area contributed by atoms with E-state index in [2.05, 4.69) is 35.8 Å². The summed E-state index contributed by atoms with van der Waals surface area (Å²) in [6, 6.07) is 11.9. The molecule has 23 heavy (non-hydrogen) atoms. The first kappa shape index (κ1) is 18.5. The van der Waals surface area contributed by atoms with Gasteiger partial charge in [0.25, 0.3) is 0 Å². The largest absolute Gasteiger partial charge is 0.323 e. The highest BCUT2D eigenvalue weighted by atomic mass is 35.5. The quantitative estimate of drug-likeness (QED) is 0.627. The third-order valence-electron chi connectivity index (χ3n) is 3.21. The van der Waals surface area contributed by atoms with Gasteiger partial charge in [-0.2, -0.15) is 0 Å². The molecule has 0 saturated heterocycles. The van der Waals surface area contributed by atoms with E-state index in [1.807, 2.05) is 13.0 Å². The van der Waals surface area contributed by atoms with E-state index in [1.165, 1.54) is 10.5 Å². The van der Waals surface area contributed by atoms with Crippen LogP contribution in [-0.4, -0.2) is 17.9 Å². The van der Waals surface area contributed by atoms with Crippen molar-refractivity contribution in [3.63, 3.8) is 0 Å². The number of nitrogens with one attached hydrogen (secondary N) is 1. The lowest BCUT2D eigenvalue weighted by molar-refractivity contribution is -0.113. The van der Waals surface area contributed by atoms with Crippen LogP contribution >= 0.6 is 46.7 Å². The topological polar surface area (TPSA) is 29.1 Å². The fourth-order valence-electron chi connectivity index (χ4n) is 1.93. The average Bonchev–Trinajstić information content (AvgIpc) is 2.56. The molecule has 2 rings (SSSR count). The zero-order valence-corrected chi connectivity index (χ0v) is 16.0. The molecule has 0 unspecified atom stereocenters. The second-order valence-corrected chi connectivity index (χ2v) is 7.59. The van der Waals surface area contributed by atoms with Crippen LogP contribution in [0, 0.1) is 6.92 Å². The molecule has 0 fully saturated rings. The minimum atomic E-state index is -0.106. The molecule has 0 radical (unpaired) electrons. The number of carbonyl (C=O) groups is 1. The summed E-state index contributed by atoms with van der Waals surface area (Å²) in [6.45, 7) is 1.88. The summed E-state index contributed by atoms with van der Waals surface area (Å²) >= 11 is 15.6. The van der Waals surface area contributed by atoms with Gasteiger partial charge in [-0.15, -0.1) is 23.5 Å². The smallest absolute Gasteiger partial charge is 0.234 e. The van der Waals surface area contributed by atoms with Crippen LogP contribution in [0.15, 0.2) is 41.3 Å². The molecule has 0 aliphatic carbocycles. The fraction of sp³-hybridized carbons (Fsp3) is 0.235. The predicted octanol–water partition coefficient (Wildman–Crippen LogP) is 5.90. The van der Waals surface area contributed by atoms with Crippen molar-refractivity contribution in [1.29, 1.82) is 0 Å². The molecule has 0 spiro atoms. The standard InChI is InChI=1S/C17H17Cl2NOS2/c1-11-3-8-14(18)17(16(11)19)20-15(21)10-23-9-12-4-6-13(22-2)7-5-12/h3-8H,9-10H2,1-2H3,(H,20,21). The molecule has 1 amide bonds. The van der Waals surface area contributed by atoms with Gasteiger partial charge >= 0.3 is 0 Å². The van der Waals surface area contributed by atoms with Gasteiger partial charge in [0, 0.05) is 10.6 Å². The molecular weight excluding hydrogens is 369 g/mol. The molecule has 0 bridgehead atoms. The normalized spacial score (nSPS) is 10.6. The predicted molar refractivity (Wildman–Crippen MR) is 104 cm³/mol. The van der Waals surface area contributed by atoms with Gasteiger partial charge in [0.15, 0.2) is 0 Å². The van der Waals surface area contributed by atoms with Gasteiger partial charge in [0.1, 0.15) is 0 Å². The number of thioether (sulfide) groups is 2. The Kier molecular flexibility index (Phi) is 7.15. The zero-order valence-electron chi connectivity index (χ0n) is 12.9. The number of benzene rings is 2. The van der Waals surface area contributed by atoms with Crippen molar-refractivity contribution in [2.24, 2.45) is 0 Å². The maximum atomic E-state index is 12.1. The SMILES string of the molecule is CSc1ccc(CSCC(=O)Nc2c(Cl)ccc(C)c2Cl)cc1. The van der Waals surface area contributed by atoms with E-state index in [0.29, 0.717) is 21.5 Å². The van der Waals surface area contributed by atoms with Crippen LogP contribution in [0.2, 0.25) is 10.0 Å². The highest BCUT2D eigenvalue weighted by Gasteiger charge is 2.11. The van der Waals surface area contributed by atoms with E-state index < -0.39 is 0 Å². The average molecular weight is 386 g/mol. The van der Waals surface area contributed by atoms with Crippen LogP contribution in [0.5, 0.6) is 0 Å². The number of halogens is 2. The molecule has 6 heteroatoms. The van der Waals surface area contributed by atoms with Gasteiger partial charge < -0.3 is 5.32 Å². The van der Waals surface area contributed by atoms with Crippen molar-refractivity contribution in [1.82, 2.24) is 0 Å². The van der Waals surface area contributed by atoms with Crippen molar-refractivity contribution in [2.45, 2.75) is 17.6 Å². The Bertz CT molecular complexity index is 690. The number of hydrogen-bond acceptors (Lipinski definition) is 3. The first-order chi connectivity index (χ1) is 11.0. The van der Waals surface area contributed by atoms with E-state index in [0.717, 1.165) is 11.3 Å². The second-order valence-electron chi connectivity index (χ2n) is 4.94. The molecule has 0 heterocycles. The van der Waals surface area contributed by atoms with Crippen LogP contribution < -0.4 is 5.32 Å². The van der Waals surface area contributed by atoms with Crippen LogP contribution in [0.25, 0.3) is 0 Å². The molecule has 1 N–H and O–H groups in total. The van der Waals surface area contributed by atoms with Crippen molar-refractivity contribution in [3.05, 3.63) is 57.6 Å². The first-order valence-corrected chi connectivity index (χ1v) is 10.1. The van der Waals surface area contributed by atoms with Crippen LogP contribution in [0.4, 0.5) is 5.69 Å². The Morgan fingerprint density at radius 3 is 2.48 bits per heavy atom. The number of anilines is 1. The van der Waals surface area contributed by atoms with Gasteiger partial charge in [-0.05, 0) is 42.5 Å².